The quantitative estimate of drug-likeness (QED) is 0.189. The number of benzene rings is 7. The Bertz CT molecular complexity index is 3460. The maximum Gasteiger partial charge on any atom is 0.0648 e. The van der Waals surface area contributed by atoms with Crippen LogP contribution >= 0.6 is 0 Å². The lowest BCUT2D eigenvalue weighted by molar-refractivity contribution is 0.647. The first-order valence-electron chi connectivity index (χ1n) is 25.1. The Labute approximate surface area is 305 Å². The predicted octanol–water partition coefficient (Wildman–Crippen LogP) is 12.6. The van der Waals surface area contributed by atoms with Gasteiger partial charge in [0.25, 0.3) is 0 Å². The molecule has 0 unspecified atom stereocenters. The van der Waals surface area contributed by atoms with Crippen LogP contribution in [0.15, 0.2) is 151 Å². The van der Waals surface area contributed by atoms with E-state index in [1.807, 2.05) is 0 Å². The Hall–Kier alpha value is -5.40. The van der Waals surface area contributed by atoms with E-state index in [1.165, 1.54) is 18.2 Å². The molecular weight excluding hydrogens is 567 g/mol. The average molecular weight is 624 g/mol. The Morgan fingerprint density at radius 1 is 0.511 bits per heavy atom. The third-order valence-electron chi connectivity index (χ3n) is 9.34. The molecule has 0 saturated carbocycles. The maximum atomic E-state index is 10.1. The summed E-state index contributed by atoms with van der Waals surface area (Å²) in [6.07, 6.45) is 0. The fourth-order valence-electron chi connectivity index (χ4n) is 7.17. The molecule has 9 rings (SSSR count). The summed E-state index contributed by atoms with van der Waals surface area (Å²) >= 11 is 0. The van der Waals surface area contributed by atoms with Gasteiger partial charge in [-0.2, -0.15) is 0 Å². The molecular formula is C46H37N. The molecule has 1 nitrogen and oxygen atoms in total. The van der Waals surface area contributed by atoms with Crippen molar-refractivity contribution in [2.24, 2.45) is 0 Å². The van der Waals surface area contributed by atoms with Crippen LogP contribution in [0.4, 0.5) is 17.1 Å². The number of rotatable bonds is 4. The fraction of sp³-hybridized carbons (Fsp3) is 0.130. The van der Waals surface area contributed by atoms with Gasteiger partial charge in [-0.25, -0.2) is 0 Å². The van der Waals surface area contributed by atoms with E-state index in [1.54, 1.807) is 27.7 Å². The lowest BCUT2D eigenvalue weighted by atomic mass is 9.66. The van der Waals surface area contributed by atoms with E-state index in [2.05, 4.69) is 0 Å². The minimum absolute atomic E-state index is 0.0116. The lowest BCUT2D eigenvalue weighted by Crippen LogP contribution is -2.25. The molecule has 7 aromatic carbocycles. The molecule has 7 aromatic rings. The van der Waals surface area contributed by atoms with Crippen LogP contribution in [0, 0.1) is 0 Å². The second kappa shape index (κ2) is 10.0. The highest BCUT2D eigenvalue weighted by Gasteiger charge is 2.39. The summed E-state index contributed by atoms with van der Waals surface area (Å²) in [6, 6.07) is -4.51. The van der Waals surface area contributed by atoms with Gasteiger partial charge in [0.15, 0.2) is 0 Å². The Balaban J connectivity index is 1.55. The second-order valence-corrected chi connectivity index (χ2v) is 12.6. The van der Waals surface area contributed by atoms with Crippen molar-refractivity contribution in [2.45, 2.75) is 38.5 Å². The summed E-state index contributed by atoms with van der Waals surface area (Å²) in [4.78, 5) is 1.06. The fourth-order valence-corrected chi connectivity index (χ4v) is 7.17. The molecule has 0 saturated heterocycles. The van der Waals surface area contributed by atoms with Gasteiger partial charge in [-0.1, -0.05) is 149 Å². The first kappa shape index (κ1) is 14.2. The third-order valence-corrected chi connectivity index (χ3v) is 9.34. The smallest absolute Gasteiger partial charge is 0.0648 e. The van der Waals surface area contributed by atoms with Crippen molar-refractivity contribution in [3.05, 3.63) is 173 Å². The largest absolute Gasteiger partial charge is 0.310 e. The summed E-state index contributed by atoms with van der Waals surface area (Å²) < 4.78 is 181. The number of hydrogen-bond acceptors (Lipinski definition) is 1. The van der Waals surface area contributed by atoms with Gasteiger partial charge in [0.05, 0.1) is 33.1 Å². The maximum absolute atomic E-state index is 10.1. The molecule has 0 spiro atoms. The van der Waals surface area contributed by atoms with Crippen molar-refractivity contribution in [2.75, 3.05) is 4.90 Å². The van der Waals surface area contributed by atoms with E-state index in [-0.39, 0.29) is 102 Å². The molecule has 1 heteroatoms. The standard InChI is InChI=1S/C46H37N/c1-45(2)38-23-12-11-20-35(38)36-27-26-33(29-40(36)45)47(32-18-9-6-10-19-32)41-28-25-31-17-13-24-39-42(31)43(41)37-22-14-21-34(44(37)46(39,3)4)30-15-7-5-8-16-30/h5-29H,1-4H3/i5D,6D,7D,8D,9D,10D,11D,12D,13D,15D,17D,18D,19D,20D,21D,22D,24D,25D,26D,29D. The molecule has 0 radical (unpaired) electrons. The van der Waals surface area contributed by atoms with Gasteiger partial charge < -0.3 is 4.90 Å². The molecule has 0 atom stereocenters. The number of fused-ring (bicyclic) bond motifs is 5. The van der Waals surface area contributed by atoms with Crippen LogP contribution < -0.4 is 4.90 Å². The van der Waals surface area contributed by atoms with Crippen molar-refractivity contribution in [3.8, 4) is 33.4 Å². The molecule has 0 N–H and O–H groups in total. The van der Waals surface area contributed by atoms with Crippen LogP contribution in [-0.4, -0.2) is 0 Å². The van der Waals surface area contributed by atoms with Crippen molar-refractivity contribution in [3.63, 3.8) is 0 Å². The molecule has 0 aliphatic heterocycles. The van der Waals surface area contributed by atoms with Crippen LogP contribution in [-0.2, 0) is 10.8 Å². The van der Waals surface area contributed by atoms with Gasteiger partial charge in [-0.05, 0) is 91.1 Å². The summed E-state index contributed by atoms with van der Waals surface area (Å²) in [7, 11) is 0. The monoisotopic (exact) mass is 623 g/mol. The molecule has 47 heavy (non-hydrogen) atoms. The van der Waals surface area contributed by atoms with Gasteiger partial charge in [0, 0.05) is 27.8 Å². The van der Waals surface area contributed by atoms with Crippen LogP contribution in [0.1, 0.15) is 77.4 Å². The van der Waals surface area contributed by atoms with Crippen LogP contribution in [0.2, 0.25) is 0 Å². The SMILES string of the molecule is [2H]c1cc(-c2c([2H])cc([2H])c3c2C(C)(C)c2c([2H])c([2H])c([2H])c4c([2H])cc(N(c5c([2H])cc6c(c5[2H])C(C)(C)c5cc([2H])c([2H])c([2H])c5-6)c5c([2H])c([2H])c([2H])c([2H])c5[2H])c-3c24)c([2H])c([2H])c1[2H]. The molecule has 0 amide bonds. The number of para-hydroxylation sites is 1. The van der Waals surface area contributed by atoms with Crippen molar-refractivity contribution < 1.29 is 27.4 Å². The summed E-state index contributed by atoms with van der Waals surface area (Å²) in [6.45, 7) is 6.69. The van der Waals surface area contributed by atoms with Crippen LogP contribution in [0.25, 0.3) is 44.2 Å². The number of anilines is 3. The van der Waals surface area contributed by atoms with E-state index in [4.69, 9.17) is 16.4 Å². The molecule has 0 bridgehead atoms. The predicted molar refractivity (Wildman–Crippen MR) is 199 cm³/mol. The first-order valence-corrected chi connectivity index (χ1v) is 15.1. The Morgan fingerprint density at radius 3 is 2.15 bits per heavy atom. The molecule has 0 aromatic heterocycles. The second-order valence-electron chi connectivity index (χ2n) is 12.6. The number of nitrogens with zero attached hydrogens (tertiary/aromatic N) is 1. The highest BCUT2D eigenvalue weighted by atomic mass is 15.1. The average Bonchev–Trinajstić information content (AvgIpc) is 3.47. The summed E-state index contributed by atoms with van der Waals surface area (Å²) in [5.41, 5.74) is -3.23. The van der Waals surface area contributed by atoms with Gasteiger partial charge in [0.2, 0.25) is 0 Å². The molecule has 2 aliphatic carbocycles. The van der Waals surface area contributed by atoms with Crippen molar-refractivity contribution in [1.29, 1.82) is 0 Å². The summed E-state index contributed by atoms with van der Waals surface area (Å²) in [5, 5.41) is -0.178. The molecule has 226 valence electrons. The van der Waals surface area contributed by atoms with E-state index >= 15 is 0 Å². The van der Waals surface area contributed by atoms with Crippen LogP contribution in [0.5, 0.6) is 0 Å². The van der Waals surface area contributed by atoms with Crippen molar-refractivity contribution >= 4 is 27.8 Å². The minimum atomic E-state index is -1.54. The van der Waals surface area contributed by atoms with Gasteiger partial charge >= 0.3 is 0 Å². The molecule has 2 aliphatic rings. The zero-order chi connectivity index (χ0) is 49.3. The van der Waals surface area contributed by atoms with Crippen molar-refractivity contribution in [1.82, 2.24) is 0 Å². The molecule has 0 fully saturated rings. The summed E-state index contributed by atoms with van der Waals surface area (Å²) in [5.74, 6) is 0. The van der Waals surface area contributed by atoms with E-state index in [9.17, 15) is 11.0 Å². The Kier molecular flexibility index (Phi) is 3.03. The number of hydrogen-bond donors (Lipinski definition) is 0. The zero-order valence-corrected chi connectivity index (χ0v) is 25.8. The third kappa shape index (κ3) is 3.96. The van der Waals surface area contributed by atoms with Gasteiger partial charge in [-0.15, -0.1) is 0 Å². The van der Waals surface area contributed by atoms with Gasteiger partial charge in [0.1, 0.15) is 0 Å². The highest BCUT2D eigenvalue weighted by molar-refractivity contribution is 6.11. The highest BCUT2D eigenvalue weighted by Crippen LogP contribution is 2.56. The first-order chi connectivity index (χ1) is 31.1. The minimum Gasteiger partial charge on any atom is -0.310 e. The van der Waals surface area contributed by atoms with E-state index < -0.39 is 107 Å². The van der Waals surface area contributed by atoms with E-state index in [0.29, 0.717) is 5.56 Å². The van der Waals surface area contributed by atoms with Gasteiger partial charge in [-0.3, -0.25) is 0 Å². The Morgan fingerprint density at radius 2 is 1.28 bits per heavy atom. The normalized spacial score (nSPS) is 20.7. The zero-order valence-electron chi connectivity index (χ0n) is 45.8. The van der Waals surface area contributed by atoms with Crippen LogP contribution in [0.3, 0.4) is 0 Å². The van der Waals surface area contributed by atoms with E-state index in [0.717, 1.165) is 17.0 Å². The lowest BCUT2D eigenvalue weighted by Gasteiger charge is -2.39. The molecule has 0 heterocycles. The topological polar surface area (TPSA) is 3.24 Å².